The Bertz CT molecular complexity index is 1620. The van der Waals surface area contributed by atoms with E-state index in [1.54, 1.807) is 0 Å². The van der Waals surface area contributed by atoms with Gasteiger partial charge in [-0.05, 0) is 31.6 Å². The summed E-state index contributed by atoms with van der Waals surface area (Å²) in [5, 5.41) is 10.5. The number of carbonyl (C=O) groups excluding carboxylic acids is 4. The van der Waals surface area contributed by atoms with Crippen LogP contribution in [0.3, 0.4) is 0 Å². The molecule has 0 radical (unpaired) electrons. The Hall–Kier alpha value is -1.94. The molecule has 0 aliphatic rings. The molecule has 2 unspecified atom stereocenters. The van der Waals surface area contributed by atoms with Crippen molar-refractivity contribution in [2.24, 2.45) is 5.92 Å². The van der Waals surface area contributed by atoms with Gasteiger partial charge in [-0.25, -0.2) is 9.13 Å². The molecule has 0 heterocycles. The van der Waals surface area contributed by atoms with Gasteiger partial charge in [-0.2, -0.15) is 0 Å². The fraction of sp³-hybridized carbons (Fsp3) is 0.938. The predicted octanol–water partition coefficient (Wildman–Crippen LogP) is 17.8. The number of aliphatic hydroxyl groups is 1. The Labute approximate surface area is 505 Å². The standard InChI is InChI=1S/C64H124O17P2/c1-6-9-12-15-18-21-24-27-32-37-42-47-61(66)74-53-59(80-63(68)49-44-39-33-28-25-22-19-16-13-10-7-2)55-78-82(70,71)76-51-58(65)52-77-83(72,73)79-56-60(54-75-62(67)48-43-38-35-30-31-36-41-46-57(4)5)81-64(69)50-45-40-34-29-26-23-20-17-14-11-8-3/h57-60,65H,6-56H2,1-5H3,(H,70,71)(H,72,73)/t58-,59-,60-/m1/s1. The normalized spacial score (nSPS) is 14.2. The second-order valence-corrected chi connectivity index (χ2v) is 26.5. The van der Waals surface area contributed by atoms with Gasteiger partial charge in [-0.1, -0.05) is 272 Å². The monoisotopic (exact) mass is 1230 g/mol. The van der Waals surface area contributed by atoms with E-state index < -0.39 is 97.5 Å². The molecule has 0 aromatic rings. The second kappa shape index (κ2) is 57.8. The average molecular weight is 1230 g/mol. The minimum Gasteiger partial charge on any atom is -0.462 e. The lowest BCUT2D eigenvalue weighted by atomic mass is 10.0. The molecule has 83 heavy (non-hydrogen) atoms. The van der Waals surface area contributed by atoms with Crippen LogP contribution in [0.15, 0.2) is 0 Å². The summed E-state index contributed by atoms with van der Waals surface area (Å²) in [7, 11) is -9.88. The van der Waals surface area contributed by atoms with Gasteiger partial charge in [-0.3, -0.25) is 37.3 Å². The minimum atomic E-state index is -4.94. The molecule has 0 rings (SSSR count). The SMILES string of the molecule is CCCCCCCCCCCCCC(=O)OC[C@H](COP(=O)(O)OC[C@@H](O)COP(=O)(O)OC[C@@H](COC(=O)CCCCCCCCCC(C)C)OC(=O)CCCCCCCCCCCCC)OC(=O)CCCCCCCCCCCCC. The van der Waals surface area contributed by atoms with Crippen molar-refractivity contribution < 1.29 is 80.2 Å². The van der Waals surface area contributed by atoms with Crippen LogP contribution >= 0.6 is 15.6 Å². The Balaban J connectivity index is 5.24. The maximum atomic E-state index is 13.0. The average Bonchev–Trinajstić information content (AvgIpc) is 3.45. The van der Waals surface area contributed by atoms with E-state index in [4.69, 9.17) is 37.0 Å². The molecule has 0 bridgehead atoms. The molecular weight excluding hydrogens is 1100 g/mol. The minimum absolute atomic E-state index is 0.106. The van der Waals surface area contributed by atoms with E-state index in [0.717, 1.165) is 96.3 Å². The predicted molar refractivity (Wildman–Crippen MR) is 331 cm³/mol. The zero-order valence-electron chi connectivity index (χ0n) is 53.3. The summed E-state index contributed by atoms with van der Waals surface area (Å²) in [6.45, 7) is 7.13. The van der Waals surface area contributed by atoms with Crippen LogP contribution in [0, 0.1) is 5.92 Å². The number of esters is 4. The number of aliphatic hydroxyl groups excluding tert-OH is 1. The highest BCUT2D eigenvalue weighted by Gasteiger charge is 2.30. The summed E-state index contributed by atoms with van der Waals surface area (Å²) in [6.07, 6.45) is 41.6. The van der Waals surface area contributed by atoms with Crippen molar-refractivity contribution >= 4 is 39.5 Å². The highest BCUT2D eigenvalue weighted by Crippen LogP contribution is 2.45. The summed E-state index contributed by atoms with van der Waals surface area (Å²) in [5.41, 5.74) is 0. The van der Waals surface area contributed by atoms with Crippen LogP contribution in [-0.4, -0.2) is 96.7 Å². The summed E-state index contributed by atoms with van der Waals surface area (Å²) >= 11 is 0. The second-order valence-electron chi connectivity index (χ2n) is 23.6. The topological polar surface area (TPSA) is 237 Å². The van der Waals surface area contributed by atoms with E-state index in [0.29, 0.717) is 31.6 Å². The molecule has 0 aliphatic heterocycles. The molecule has 492 valence electrons. The summed E-state index contributed by atoms with van der Waals surface area (Å²) < 4.78 is 68.0. The lowest BCUT2D eigenvalue weighted by Crippen LogP contribution is -2.30. The lowest BCUT2D eigenvalue weighted by molar-refractivity contribution is -0.161. The van der Waals surface area contributed by atoms with Gasteiger partial charge >= 0.3 is 39.5 Å². The van der Waals surface area contributed by atoms with Crippen molar-refractivity contribution in [2.45, 2.75) is 342 Å². The van der Waals surface area contributed by atoms with Crippen molar-refractivity contribution in [2.75, 3.05) is 39.6 Å². The van der Waals surface area contributed by atoms with E-state index in [1.165, 1.54) is 141 Å². The number of carbonyl (C=O) groups is 4. The highest BCUT2D eigenvalue weighted by molar-refractivity contribution is 7.47. The summed E-state index contributed by atoms with van der Waals surface area (Å²) in [4.78, 5) is 72.2. The van der Waals surface area contributed by atoms with Crippen molar-refractivity contribution in [3.8, 4) is 0 Å². The van der Waals surface area contributed by atoms with Crippen molar-refractivity contribution in [3.63, 3.8) is 0 Å². The van der Waals surface area contributed by atoms with E-state index in [1.807, 2.05) is 0 Å². The highest BCUT2D eigenvalue weighted by atomic mass is 31.2. The third kappa shape index (κ3) is 58.8. The first-order valence-electron chi connectivity index (χ1n) is 33.6. The first kappa shape index (κ1) is 81.1. The van der Waals surface area contributed by atoms with Crippen LogP contribution in [0.1, 0.15) is 324 Å². The van der Waals surface area contributed by atoms with Crippen LogP contribution in [0.4, 0.5) is 0 Å². The molecule has 19 heteroatoms. The number of phosphoric ester groups is 2. The smallest absolute Gasteiger partial charge is 0.462 e. The Morgan fingerprint density at radius 3 is 0.819 bits per heavy atom. The molecule has 0 aromatic carbocycles. The molecule has 0 saturated carbocycles. The van der Waals surface area contributed by atoms with E-state index in [2.05, 4.69) is 34.6 Å². The van der Waals surface area contributed by atoms with Crippen molar-refractivity contribution in [3.05, 3.63) is 0 Å². The van der Waals surface area contributed by atoms with Gasteiger partial charge < -0.3 is 33.8 Å². The molecular formula is C64H124O17P2. The van der Waals surface area contributed by atoms with Crippen LogP contribution < -0.4 is 0 Å². The number of unbranched alkanes of at least 4 members (excludes halogenated alkanes) is 36. The first-order chi connectivity index (χ1) is 40.0. The number of phosphoric acid groups is 2. The third-order valence-electron chi connectivity index (χ3n) is 14.8. The van der Waals surface area contributed by atoms with E-state index in [-0.39, 0.29) is 25.7 Å². The largest absolute Gasteiger partial charge is 0.472 e. The maximum absolute atomic E-state index is 13.0. The van der Waals surface area contributed by atoms with Crippen LogP contribution in [0.25, 0.3) is 0 Å². The van der Waals surface area contributed by atoms with E-state index in [9.17, 15) is 43.2 Å². The van der Waals surface area contributed by atoms with Crippen molar-refractivity contribution in [1.82, 2.24) is 0 Å². The van der Waals surface area contributed by atoms with Gasteiger partial charge in [-0.15, -0.1) is 0 Å². The summed E-state index contributed by atoms with van der Waals surface area (Å²) in [6, 6.07) is 0. The molecule has 0 spiro atoms. The van der Waals surface area contributed by atoms with Gasteiger partial charge in [0.05, 0.1) is 26.4 Å². The third-order valence-corrected chi connectivity index (χ3v) is 16.7. The molecule has 17 nitrogen and oxygen atoms in total. The molecule has 0 amide bonds. The van der Waals surface area contributed by atoms with Crippen LogP contribution in [0.2, 0.25) is 0 Å². The first-order valence-corrected chi connectivity index (χ1v) is 36.6. The quantitative estimate of drug-likeness (QED) is 0.0222. The van der Waals surface area contributed by atoms with Crippen LogP contribution in [0.5, 0.6) is 0 Å². The maximum Gasteiger partial charge on any atom is 0.472 e. The zero-order valence-corrected chi connectivity index (χ0v) is 55.1. The van der Waals surface area contributed by atoms with E-state index >= 15 is 0 Å². The Morgan fingerprint density at radius 2 is 0.554 bits per heavy atom. The van der Waals surface area contributed by atoms with Gasteiger partial charge in [0.15, 0.2) is 12.2 Å². The van der Waals surface area contributed by atoms with Gasteiger partial charge in [0, 0.05) is 25.7 Å². The molecule has 5 atom stereocenters. The Morgan fingerprint density at radius 1 is 0.325 bits per heavy atom. The molecule has 0 aliphatic carbocycles. The molecule has 0 aromatic heterocycles. The summed E-state index contributed by atoms with van der Waals surface area (Å²) in [5.74, 6) is -1.43. The number of rotatable bonds is 64. The van der Waals surface area contributed by atoms with Gasteiger partial charge in [0.2, 0.25) is 0 Å². The molecule has 3 N–H and O–H groups in total. The Kier molecular flexibility index (Phi) is 56.4. The fourth-order valence-electron chi connectivity index (χ4n) is 9.58. The zero-order chi connectivity index (χ0) is 61.3. The lowest BCUT2D eigenvalue weighted by Gasteiger charge is -2.21. The number of hydrogen-bond acceptors (Lipinski definition) is 15. The van der Waals surface area contributed by atoms with Gasteiger partial charge in [0.25, 0.3) is 0 Å². The molecule has 0 saturated heterocycles. The number of ether oxygens (including phenoxy) is 4. The van der Waals surface area contributed by atoms with Crippen molar-refractivity contribution in [1.29, 1.82) is 0 Å². The van der Waals surface area contributed by atoms with Gasteiger partial charge in [0.1, 0.15) is 19.3 Å². The van der Waals surface area contributed by atoms with Crippen LogP contribution in [-0.2, 0) is 65.4 Å². The fourth-order valence-corrected chi connectivity index (χ4v) is 11.2. The molecule has 0 fully saturated rings. The number of hydrogen-bond donors (Lipinski definition) is 3.